The van der Waals surface area contributed by atoms with Gasteiger partial charge >= 0.3 is 0 Å². The molecule has 1 saturated heterocycles. The van der Waals surface area contributed by atoms with Crippen molar-refractivity contribution in [3.05, 3.63) is 71.8 Å². The molecule has 1 aliphatic heterocycles. The lowest BCUT2D eigenvalue weighted by Gasteiger charge is -2.41. The highest BCUT2D eigenvalue weighted by molar-refractivity contribution is 5.89. The lowest BCUT2D eigenvalue weighted by Crippen LogP contribution is -2.50. The zero-order chi connectivity index (χ0) is 19.4. The van der Waals surface area contributed by atoms with Crippen LogP contribution in [0.15, 0.2) is 60.7 Å². The van der Waals surface area contributed by atoms with Crippen LogP contribution in [0.3, 0.4) is 0 Å². The van der Waals surface area contributed by atoms with Crippen LogP contribution in [0.2, 0.25) is 0 Å². The van der Waals surface area contributed by atoms with Gasteiger partial charge in [-0.1, -0.05) is 67.1 Å². The van der Waals surface area contributed by atoms with E-state index in [1.54, 1.807) is 0 Å². The molecule has 0 spiro atoms. The Bertz CT molecular complexity index is 815. The summed E-state index contributed by atoms with van der Waals surface area (Å²) in [6, 6.07) is 20.4. The van der Waals surface area contributed by atoms with E-state index in [1.807, 2.05) is 41.3 Å². The molecule has 2 aromatic carbocycles. The average molecular weight is 377 g/mol. The van der Waals surface area contributed by atoms with E-state index in [4.69, 9.17) is 0 Å². The Morgan fingerprint density at radius 3 is 2.36 bits per heavy atom. The van der Waals surface area contributed by atoms with E-state index in [0.29, 0.717) is 13.0 Å². The highest BCUT2D eigenvalue weighted by Gasteiger charge is 2.45. The Hall–Kier alpha value is -2.62. The minimum Gasteiger partial charge on any atom is -0.355 e. The van der Waals surface area contributed by atoms with Crippen molar-refractivity contribution in [3.63, 3.8) is 0 Å². The summed E-state index contributed by atoms with van der Waals surface area (Å²) in [6.07, 6.45) is 4.33. The van der Waals surface area contributed by atoms with Gasteiger partial charge in [-0.3, -0.25) is 9.59 Å². The number of hydrogen-bond donors (Lipinski definition) is 1. The molecule has 1 aliphatic carbocycles. The second kappa shape index (κ2) is 8.17. The SMILES string of the molecule is O=C1C[C@H](CNC(=O)C2(c3ccccc3)CCC2)CN1CCc1ccccc1. The van der Waals surface area contributed by atoms with E-state index in [2.05, 4.69) is 29.6 Å². The van der Waals surface area contributed by atoms with Crippen LogP contribution in [0.25, 0.3) is 0 Å². The number of hydrogen-bond acceptors (Lipinski definition) is 2. The van der Waals surface area contributed by atoms with E-state index < -0.39 is 0 Å². The second-order valence-corrected chi connectivity index (χ2v) is 8.16. The molecule has 1 saturated carbocycles. The molecule has 2 aliphatic rings. The summed E-state index contributed by atoms with van der Waals surface area (Å²) in [5, 5.41) is 3.16. The van der Waals surface area contributed by atoms with Gasteiger partial charge in [-0.2, -0.15) is 0 Å². The molecule has 1 heterocycles. The van der Waals surface area contributed by atoms with Gasteiger partial charge in [-0.15, -0.1) is 0 Å². The molecular formula is C24H28N2O2. The monoisotopic (exact) mass is 376 g/mol. The number of carbonyl (C=O) groups is 2. The van der Waals surface area contributed by atoms with Crippen LogP contribution in [0.5, 0.6) is 0 Å². The first kappa shape index (κ1) is 18.7. The first-order valence-electron chi connectivity index (χ1n) is 10.3. The Morgan fingerprint density at radius 1 is 1.04 bits per heavy atom. The van der Waals surface area contributed by atoms with Crippen molar-refractivity contribution in [1.29, 1.82) is 0 Å². The van der Waals surface area contributed by atoms with Crippen molar-refractivity contribution in [3.8, 4) is 0 Å². The molecule has 4 rings (SSSR count). The average Bonchev–Trinajstić information content (AvgIpc) is 3.05. The van der Waals surface area contributed by atoms with Crippen molar-refractivity contribution in [1.82, 2.24) is 10.2 Å². The van der Waals surface area contributed by atoms with Gasteiger partial charge in [0.1, 0.15) is 0 Å². The van der Waals surface area contributed by atoms with Crippen LogP contribution < -0.4 is 5.32 Å². The molecule has 1 atom stereocenters. The van der Waals surface area contributed by atoms with Crippen LogP contribution in [-0.2, 0) is 21.4 Å². The van der Waals surface area contributed by atoms with Gasteiger partial charge in [0.05, 0.1) is 5.41 Å². The lowest BCUT2D eigenvalue weighted by atomic mass is 9.64. The van der Waals surface area contributed by atoms with E-state index in [-0.39, 0.29) is 23.1 Å². The Balaban J connectivity index is 1.29. The standard InChI is InChI=1S/C24H28N2O2/c27-22-16-20(18-26(22)15-12-19-8-3-1-4-9-19)17-25-23(28)24(13-7-14-24)21-10-5-2-6-11-21/h1-6,8-11,20H,7,12-18H2,(H,25,28)/t20-/m1/s1. The maximum atomic E-state index is 13.0. The minimum absolute atomic E-state index is 0.125. The zero-order valence-electron chi connectivity index (χ0n) is 16.3. The third kappa shape index (κ3) is 3.82. The molecule has 28 heavy (non-hydrogen) atoms. The first-order valence-corrected chi connectivity index (χ1v) is 10.3. The minimum atomic E-state index is -0.364. The largest absolute Gasteiger partial charge is 0.355 e. The van der Waals surface area contributed by atoms with Gasteiger partial charge in [-0.25, -0.2) is 0 Å². The lowest BCUT2D eigenvalue weighted by molar-refractivity contribution is -0.130. The molecule has 1 N–H and O–H groups in total. The highest BCUT2D eigenvalue weighted by atomic mass is 16.2. The molecule has 4 heteroatoms. The molecular weight excluding hydrogens is 348 g/mol. The van der Waals surface area contributed by atoms with Crippen LogP contribution in [-0.4, -0.2) is 36.3 Å². The zero-order valence-corrected chi connectivity index (χ0v) is 16.3. The topological polar surface area (TPSA) is 49.4 Å². The Labute approximate surface area is 166 Å². The quantitative estimate of drug-likeness (QED) is 0.806. The summed E-state index contributed by atoms with van der Waals surface area (Å²) < 4.78 is 0. The van der Waals surface area contributed by atoms with Crippen LogP contribution in [0.4, 0.5) is 0 Å². The third-order valence-corrected chi connectivity index (χ3v) is 6.33. The number of carbonyl (C=O) groups excluding carboxylic acids is 2. The van der Waals surface area contributed by atoms with Gasteiger partial charge in [0.2, 0.25) is 11.8 Å². The molecule has 0 aromatic heterocycles. The number of likely N-dealkylation sites (tertiary alicyclic amines) is 1. The predicted molar refractivity (Wildman–Crippen MR) is 110 cm³/mol. The van der Waals surface area contributed by atoms with Gasteiger partial charge < -0.3 is 10.2 Å². The maximum absolute atomic E-state index is 13.0. The molecule has 4 nitrogen and oxygen atoms in total. The Kier molecular flexibility index (Phi) is 5.47. The van der Waals surface area contributed by atoms with Crippen molar-refractivity contribution in [2.24, 2.45) is 5.92 Å². The molecule has 146 valence electrons. The first-order chi connectivity index (χ1) is 13.7. The number of amides is 2. The third-order valence-electron chi connectivity index (χ3n) is 6.33. The van der Waals surface area contributed by atoms with Crippen molar-refractivity contribution in [2.75, 3.05) is 19.6 Å². The van der Waals surface area contributed by atoms with Crippen LogP contribution in [0, 0.1) is 5.92 Å². The summed E-state index contributed by atoms with van der Waals surface area (Å²) in [7, 11) is 0. The molecule has 2 amide bonds. The van der Waals surface area contributed by atoms with E-state index >= 15 is 0 Å². The van der Waals surface area contributed by atoms with Crippen LogP contribution >= 0.6 is 0 Å². The fourth-order valence-corrected chi connectivity index (χ4v) is 4.46. The number of nitrogens with one attached hydrogen (secondary N) is 1. The van der Waals surface area contributed by atoms with Gasteiger partial charge in [0.15, 0.2) is 0 Å². The normalized spacial score (nSPS) is 20.6. The predicted octanol–water partition coefficient (Wildman–Crippen LogP) is 3.32. The van der Waals surface area contributed by atoms with Gasteiger partial charge in [0, 0.05) is 32.0 Å². The summed E-state index contributed by atoms with van der Waals surface area (Å²) in [6.45, 7) is 2.08. The van der Waals surface area contributed by atoms with E-state index in [1.165, 1.54) is 5.56 Å². The molecule has 0 unspecified atom stereocenters. The summed E-state index contributed by atoms with van der Waals surface area (Å²) in [4.78, 5) is 27.3. The number of nitrogens with zero attached hydrogens (tertiary/aromatic N) is 1. The second-order valence-electron chi connectivity index (χ2n) is 8.16. The molecule has 0 radical (unpaired) electrons. The number of benzene rings is 2. The van der Waals surface area contributed by atoms with E-state index in [9.17, 15) is 9.59 Å². The Morgan fingerprint density at radius 2 is 1.71 bits per heavy atom. The molecule has 2 aromatic rings. The fraction of sp³-hybridized carbons (Fsp3) is 0.417. The fourth-order valence-electron chi connectivity index (χ4n) is 4.46. The summed E-state index contributed by atoms with van der Waals surface area (Å²) >= 11 is 0. The van der Waals surface area contributed by atoms with Crippen molar-refractivity contribution < 1.29 is 9.59 Å². The highest BCUT2D eigenvalue weighted by Crippen LogP contribution is 2.43. The van der Waals surface area contributed by atoms with Crippen molar-refractivity contribution in [2.45, 2.75) is 37.5 Å². The van der Waals surface area contributed by atoms with Gasteiger partial charge in [-0.05, 0) is 30.4 Å². The maximum Gasteiger partial charge on any atom is 0.230 e. The molecule has 2 fully saturated rings. The summed E-state index contributed by atoms with van der Waals surface area (Å²) in [5.41, 5.74) is 2.00. The number of rotatable bonds is 7. The van der Waals surface area contributed by atoms with Crippen LogP contribution in [0.1, 0.15) is 36.8 Å². The van der Waals surface area contributed by atoms with Crippen molar-refractivity contribution >= 4 is 11.8 Å². The smallest absolute Gasteiger partial charge is 0.230 e. The van der Waals surface area contributed by atoms with E-state index in [0.717, 1.165) is 44.3 Å². The summed E-state index contributed by atoms with van der Waals surface area (Å²) in [5.74, 6) is 0.539. The van der Waals surface area contributed by atoms with Gasteiger partial charge in [0.25, 0.3) is 0 Å². The molecule has 0 bridgehead atoms.